The molecule has 3 rings (SSSR count). The van der Waals surface area contributed by atoms with Crippen LogP contribution < -0.4 is 14.8 Å². The van der Waals surface area contributed by atoms with Crippen LogP contribution in [0.3, 0.4) is 0 Å². The minimum absolute atomic E-state index is 0.222. The van der Waals surface area contributed by atoms with E-state index in [1.54, 1.807) is 0 Å². The van der Waals surface area contributed by atoms with Crippen molar-refractivity contribution in [1.82, 2.24) is 0 Å². The van der Waals surface area contributed by atoms with Gasteiger partial charge in [-0.1, -0.05) is 29.3 Å². The van der Waals surface area contributed by atoms with Crippen LogP contribution in [0.2, 0.25) is 10.0 Å². The average Bonchev–Trinajstić information content (AvgIpc) is 2.89. The van der Waals surface area contributed by atoms with E-state index < -0.39 is 0 Å². The van der Waals surface area contributed by atoms with E-state index in [9.17, 15) is 0 Å². The molecular formula is C15H13Cl2NO2. The summed E-state index contributed by atoms with van der Waals surface area (Å²) in [6.07, 6.45) is 0. The molecule has 0 amide bonds. The first-order valence-electron chi connectivity index (χ1n) is 6.21. The van der Waals surface area contributed by atoms with Crippen LogP contribution in [0.5, 0.6) is 11.5 Å². The molecule has 0 aromatic heterocycles. The van der Waals surface area contributed by atoms with E-state index in [-0.39, 0.29) is 6.79 Å². The van der Waals surface area contributed by atoms with Gasteiger partial charge < -0.3 is 14.8 Å². The van der Waals surface area contributed by atoms with E-state index in [4.69, 9.17) is 32.7 Å². The maximum atomic E-state index is 6.15. The third kappa shape index (κ3) is 2.65. The van der Waals surface area contributed by atoms with Crippen molar-refractivity contribution in [2.45, 2.75) is 13.5 Å². The van der Waals surface area contributed by atoms with Gasteiger partial charge in [0.15, 0.2) is 11.5 Å². The normalized spacial score (nSPS) is 12.6. The summed E-state index contributed by atoms with van der Waals surface area (Å²) in [6.45, 7) is 2.83. The summed E-state index contributed by atoms with van der Waals surface area (Å²) in [5.74, 6) is 1.31. The Hall–Kier alpha value is -1.58. The molecule has 0 saturated carbocycles. The van der Waals surface area contributed by atoms with Gasteiger partial charge in [-0.3, -0.25) is 0 Å². The van der Waals surface area contributed by atoms with Crippen LogP contribution >= 0.6 is 23.2 Å². The highest BCUT2D eigenvalue weighted by Crippen LogP contribution is 2.39. The molecule has 0 saturated heterocycles. The summed E-state index contributed by atoms with van der Waals surface area (Å²) >= 11 is 12.2. The van der Waals surface area contributed by atoms with Crippen molar-refractivity contribution in [2.75, 3.05) is 12.1 Å². The molecule has 104 valence electrons. The Morgan fingerprint density at radius 2 is 1.95 bits per heavy atom. The number of nitrogens with one attached hydrogen (secondary N) is 1. The molecule has 20 heavy (non-hydrogen) atoms. The predicted octanol–water partition coefficient (Wildman–Crippen LogP) is 4.64. The summed E-state index contributed by atoms with van der Waals surface area (Å²) in [5, 5.41) is 4.63. The SMILES string of the molecule is Cc1ccc(NCc2cc(Cl)c3c(c2)OCO3)cc1Cl. The van der Waals surface area contributed by atoms with Gasteiger partial charge in [-0.2, -0.15) is 0 Å². The van der Waals surface area contributed by atoms with Crippen molar-refractivity contribution in [3.63, 3.8) is 0 Å². The van der Waals surface area contributed by atoms with Crippen LogP contribution in [-0.4, -0.2) is 6.79 Å². The van der Waals surface area contributed by atoms with Gasteiger partial charge in [0.1, 0.15) is 0 Å². The molecular weight excluding hydrogens is 297 g/mol. The maximum absolute atomic E-state index is 6.15. The molecule has 0 radical (unpaired) electrons. The fraction of sp³-hybridized carbons (Fsp3) is 0.200. The first-order valence-corrected chi connectivity index (χ1v) is 6.97. The summed E-state index contributed by atoms with van der Waals surface area (Å²) in [5.41, 5.74) is 3.05. The third-order valence-corrected chi connectivity index (χ3v) is 3.84. The van der Waals surface area contributed by atoms with Crippen molar-refractivity contribution < 1.29 is 9.47 Å². The Morgan fingerprint density at radius 3 is 2.75 bits per heavy atom. The van der Waals surface area contributed by atoms with Gasteiger partial charge in [0.25, 0.3) is 0 Å². The van der Waals surface area contributed by atoms with Gasteiger partial charge in [0, 0.05) is 17.3 Å². The number of anilines is 1. The van der Waals surface area contributed by atoms with Gasteiger partial charge in [-0.05, 0) is 42.3 Å². The Kier molecular flexibility index (Phi) is 3.64. The van der Waals surface area contributed by atoms with Crippen LogP contribution in [0.1, 0.15) is 11.1 Å². The van der Waals surface area contributed by atoms with Gasteiger partial charge in [-0.25, -0.2) is 0 Å². The van der Waals surface area contributed by atoms with E-state index in [2.05, 4.69) is 5.32 Å². The summed E-state index contributed by atoms with van der Waals surface area (Å²) < 4.78 is 10.6. The van der Waals surface area contributed by atoms with E-state index in [1.807, 2.05) is 37.3 Å². The quantitative estimate of drug-likeness (QED) is 0.895. The largest absolute Gasteiger partial charge is 0.454 e. The van der Waals surface area contributed by atoms with E-state index in [1.165, 1.54) is 0 Å². The maximum Gasteiger partial charge on any atom is 0.231 e. The first kappa shape index (κ1) is 13.4. The molecule has 0 fully saturated rings. The molecule has 0 spiro atoms. The number of hydrogen-bond acceptors (Lipinski definition) is 3. The lowest BCUT2D eigenvalue weighted by molar-refractivity contribution is 0.174. The molecule has 1 aliphatic rings. The Balaban J connectivity index is 1.75. The minimum Gasteiger partial charge on any atom is -0.454 e. The second-order valence-electron chi connectivity index (χ2n) is 4.63. The second kappa shape index (κ2) is 5.43. The molecule has 1 N–H and O–H groups in total. The average molecular weight is 310 g/mol. The standard InChI is InChI=1S/C15H13Cl2NO2/c1-9-2-3-11(6-12(9)16)18-7-10-4-13(17)15-14(5-10)19-8-20-15/h2-6,18H,7-8H2,1H3. The molecule has 1 heterocycles. The molecule has 0 aliphatic carbocycles. The molecule has 2 aromatic carbocycles. The van der Waals surface area contributed by atoms with Crippen LogP contribution in [0.4, 0.5) is 5.69 Å². The van der Waals surface area contributed by atoms with Gasteiger partial charge >= 0.3 is 0 Å². The molecule has 0 atom stereocenters. The smallest absolute Gasteiger partial charge is 0.231 e. The highest BCUT2D eigenvalue weighted by atomic mass is 35.5. The lowest BCUT2D eigenvalue weighted by Crippen LogP contribution is -1.99. The molecule has 0 unspecified atom stereocenters. The third-order valence-electron chi connectivity index (χ3n) is 3.16. The molecule has 2 aromatic rings. The lowest BCUT2D eigenvalue weighted by Gasteiger charge is -2.09. The van der Waals surface area contributed by atoms with E-state index in [0.717, 1.165) is 21.8 Å². The van der Waals surface area contributed by atoms with Gasteiger partial charge in [0.2, 0.25) is 6.79 Å². The van der Waals surface area contributed by atoms with Crippen LogP contribution in [0.25, 0.3) is 0 Å². The predicted molar refractivity (Wildman–Crippen MR) is 81.1 cm³/mol. The van der Waals surface area contributed by atoms with Crippen molar-refractivity contribution >= 4 is 28.9 Å². The number of benzene rings is 2. The zero-order valence-corrected chi connectivity index (χ0v) is 12.4. The highest BCUT2D eigenvalue weighted by molar-refractivity contribution is 6.32. The van der Waals surface area contributed by atoms with Crippen molar-refractivity contribution in [1.29, 1.82) is 0 Å². The number of fused-ring (bicyclic) bond motifs is 1. The highest BCUT2D eigenvalue weighted by Gasteiger charge is 2.18. The van der Waals surface area contributed by atoms with E-state index in [0.29, 0.717) is 23.1 Å². The first-order chi connectivity index (χ1) is 9.63. The summed E-state index contributed by atoms with van der Waals surface area (Å²) in [7, 11) is 0. The number of rotatable bonds is 3. The van der Waals surface area contributed by atoms with Crippen LogP contribution in [0.15, 0.2) is 30.3 Å². The number of aryl methyl sites for hydroxylation is 1. The summed E-state index contributed by atoms with van der Waals surface area (Å²) in [4.78, 5) is 0. The fourth-order valence-electron chi connectivity index (χ4n) is 2.03. The topological polar surface area (TPSA) is 30.5 Å². The molecule has 5 heteroatoms. The Morgan fingerprint density at radius 1 is 1.10 bits per heavy atom. The number of ether oxygens (including phenoxy) is 2. The Bertz CT molecular complexity index is 659. The number of hydrogen-bond donors (Lipinski definition) is 1. The molecule has 3 nitrogen and oxygen atoms in total. The van der Waals surface area contributed by atoms with Crippen LogP contribution in [-0.2, 0) is 6.54 Å². The van der Waals surface area contributed by atoms with Gasteiger partial charge in [0.05, 0.1) is 5.02 Å². The van der Waals surface area contributed by atoms with E-state index >= 15 is 0 Å². The van der Waals surface area contributed by atoms with Crippen molar-refractivity contribution in [2.24, 2.45) is 0 Å². The Labute approximate surface area is 127 Å². The van der Waals surface area contributed by atoms with Gasteiger partial charge in [-0.15, -0.1) is 0 Å². The lowest BCUT2D eigenvalue weighted by atomic mass is 10.2. The minimum atomic E-state index is 0.222. The second-order valence-corrected chi connectivity index (χ2v) is 5.44. The van der Waals surface area contributed by atoms with Crippen LogP contribution in [0, 0.1) is 6.92 Å². The zero-order valence-electron chi connectivity index (χ0n) is 10.9. The number of halogens is 2. The fourth-order valence-corrected chi connectivity index (χ4v) is 2.50. The molecule has 0 bridgehead atoms. The zero-order chi connectivity index (χ0) is 14.1. The summed E-state index contributed by atoms with van der Waals surface area (Å²) in [6, 6.07) is 9.69. The van der Waals surface area contributed by atoms with Crippen molar-refractivity contribution in [3.05, 3.63) is 51.5 Å². The van der Waals surface area contributed by atoms with Crippen molar-refractivity contribution in [3.8, 4) is 11.5 Å². The molecule has 1 aliphatic heterocycles. The monoisotopic (exact) mass is 309 g/mol.